The Hall–Kier alpha value is 0.0900. The highest BCUT2D eigenvalue weighted by molar-refractivity contribution is 8.02. The van der Waals surface area contributed by atoms with Gasteiger partial charge in [-0.1, -0.05) is 19.4 Å². The zero-order chi connectivity index (χ0) is 6.53. The molecular weight excluding hydrogens is 128 g/mol. The molecule has 1 heteroatoms. The van der Waals surface area contributed by atoms with Crippen molar-refractivity contribution in [2.45, 2.75) is 37.9 Å². The van der Waals surface area contributed by atoms with Crippen molar-refractivity contribution in [3.8, 4) is 0 Å². The van der Waals surface area contributed by atoms with Crippen LogP contribution in [0.1, 0.15) is 32.6 Å². The summed E-state index contributed by atoms with van der Waals surface area (Å²) in [6, 6.07) is 0. The van der Waals surface area contributed by atoms with Crippen molar-refractivity contribution < 1.29 is 0 Å². The van der Waals surface area contributed by atoms with E-state index in [4.69, 9.17) is 0 Å². The van der Waals surface area contributed by atoms with Crippen molar-refractivity contribution in [2.24, 2.45) is 0 Å². The second-order valence-corrected chi connectivity index (χ2v) is 3.71. The molecule has 0 saturated heterocycles. The second-order valence-electron chi connectivity index (χ2n) is 2.50. The number of hydrogen-bond acceptors (Lipinski definition) is 1. The van der Waals surface area contributed by atoms with Crippen LogP contribution in [0.5, 0.6) is 0 Å². The maximum Gasteiger partial charge on any atom is 0.00912 e. The van der Waals surface area contributed by atoms with Crippen LogP contribution in [0.3, 0.4) is 0 Å². The number of thioether (sulfide) groups is 1. The molecule has 0 N–H and O–H groups in total. The highest BCUT2D eigenvalue weighted by Crippen LogP contribution is 2.26. The second kappa shape index (κ2) is 3.99. The maximum absolute atomic E-state index is 2.27. The zero-order valence-corrected chi connectivity index (χ0v) is 6.79. The van der Waals surface area contributed by atoms with E-state index in [-0.39, 0.29) is 0 Å². The van der Waals surface area contributed by atoms with E-state index in [1.807, 2.05) is 11.8 Å². The first kappa shape index (κ1) is 7.20. The van der Waals surface area contributed by atoms with Gasteiger partial charge in [-0.25, -0.2) is 0 Å². The zero-order valence-electron chi connectivity index (χ0n) is 5.97. The Labute approximate surface area is 61.7 Å². The average Bonchev–Trinajstić information content (AvgIpc) is 1.91. The molecule has 52 valence electrons. The molecule has 0 radical (unpaired) electrons. The third kappa shape index (κ3) is 2.44. The highest BCUT2D eigenvalue weighted by atomic mass is 32.2. The molecule has 0 aliphatic carbocycles. The van der Waals surface area contributed by atoms with Gasteiger partial charge in [-0.15, -0.1) is 11.8 Å². The number of allylic oxidation sites excluding steroid dienone is 1. The third-order valence-electron chi connectivity index (χ3n) is 1.63. The van der Waals surface area contributed by atoms with Crippen LogP contribution in [0.2, 0.25) is 0 Å². The Morgan fingerprint density at radius 1 is 1.67 bits per heavy atom. The molecule has 0 amide bonds. The lowest BCUT2D eigenvalue weighted by Crippen LogP contribution is -2.02. The summed E-state index contributed by atoms with van der Waals surface area (Å²) in [5, 5.41) is 3.18. The molecule has 0 nitrogen and oxygen atoms in total. The molecule has 0 bridgehead atoms. The van der Waals surface area contributed by atoms with E-state index >= 15 is 0 Å². The highest BCUT2D eigenvalue weighted by Gasteiger charge is 2.07. The first-order valence-electron chi connectivity index (χ1n) is 3.74. The van der Waals surface area contributed by atoms with Crippen LogP contribution in [0.15, 0.2) is 11.5 Å². The minimum atomic E-state index is 0.931. The average molecular weight is 142 g/mol. The van der Waals surface area contributed by atoms with E-state index < -0.39 is 0 Å². The minimum Gasteiger partial charge on any atom is -0.131 e. The number of rotatable bonds is 2. The number of hydrogen-bond donors (Lipinski definition) is 0. The van der Waals surface area contributed by atoms with E-state index in [9.17, 15) is 0 Å². The molecule has 0 fully saturated rings. The van der Waals surface area contributed by atoms with Gasteiger partial charge in [0.1, 0.15) is 0 Å². The molecule has 0 aromatic carbocycles. The van der Waals surface area contributed by atoms with Gasteiger partial charge in [0.05, 0.1) is 0 Å². The van der Waals surface area contributed by atoms with E-state index in [1.165, 1.54) is 25.7 Å². The van der Waals surface area contributed by atoms with Gasteiger partial charge in [0, 0.05) is 5.25 Å². The SMILES string of the molecule is CCCC1CCC=CS1. The van der Waals surface area contributed by atoms with Gasteiger partial charge in [-0.2, -0.15) is 0 Å². The molecule has 1 atom stereocenters. The standard InChI is InChI=1S/C8H14S/c1-2-5-8-6-3-4-7-9-8/h4,7-8H,2-3,5-6H2,1H3. The van der Waals surface area contributed by atoms with Crippen molar-refractivity contribution in [1.82, 2.24) is 0 Å². The fourth-order valence-electron chi connectivity index (χ4n) is 1.12. The molecule has 1 heterocycles. The largest absolute Gasteiger partial charge is 0.131 e. The van der Waals surface area contributed by atoms with Gasteiger partial charge in [0.25, 0.3) is 0 Å². The summed E-state index contributed by atoms with van der Waals surface area (Å²) in [7, 11) is 0. The molecule has 0 aromatic heterocycles. The van der Waals surface area contributed by atoms with Crippen molar-refractivity contribution >= 4 is 11.8 Å². The van der Waals surface area contributed by atoms with Crippen LogP contribution >= 0.6 is 11.8 Å². The normalized spacial score (nSPS) is 26.6. The lowest BCUT2D eigenvalue weighted by atomic mass is 10.1. The topological polar surface area (TPSA) is 0 Å². The summed E-state index contributed by atoms with van der Waals surface area (Å²) in [5.41, 5.74) is 0. The Morgan fingerprint density at radius 3 is 3.11 bits per heavy atom. The summed E-state index contributed by atoms with van der Waals surface area (Å²) >= 11 is 2.01. The van der Waals surface area contributed by atoms with Gasteiger partial charge < -0.3 is 0 Å². The molecule has 0 saturated carbocycles. The molecule has 9 heavy (non-hydrogen) atoms. The van der Waals surface area contributed by atoms with Crippen LogP contribution in [0.4, 0.5) is 0 Å². The van der Waals surface area contributed by atoms with Gasteiger partial charge >= 0.3 is 0 Å². The van der Waals surface area contributed by atoms with Crippen molar-refractivity contribution in [2.75, 3.05) is 0 Å². The Kier molecular flexibility index (Phi) is 3.20. The summed E-state index contributed by atoms with van der Waals surface area (Å²) in [6.45, 7) is 2.26. The maximum atomic E-state index is 2.27. The fourth-order valence-corrected chi connectivity index (χ4v) is 2.23. The van der Waals surface area contributed by atoms with Crippen molar-refractivity contribution in [3.63, 3.8) is 0 Å². The molecule has 0 aromatic rings. The van der Waals surface area contributed by atoms with Crippen molar-refractivity contribution in [3.05, 3.63) is 11.5 Å². The van der Waals surface area contributed by atoms with E-state index in [0.29, 0.717) is 0 Å². The molecule has 1 aliphatic heterocycles. The van der Waals surface area contributed by atoms with Crippen LogP contribution in [0, 0.1) is 0 Å². The van der Waals surface area contributed by atoms with Crippen LogP contribution in [-0.4, -0.2) is 5.25 Å². The lowest BCUT2D eigenvalue weighted by Gasteiger charge is -2.15. The van der Waals surface area contributed by atoms with Gasteiger partial charge in [-0.05, 0) is 24.7 Å². The quantitative estimate of drug-likeness (QED) is 0.570. The van der Waals surface area contributed by atoms with Crippen LogP contribution < -0.4 is 0 Å². The lowest BCUT2D eigenvalue weighted by molar-refractivity contribution is 0.689. The van der Waals surface area contributed by atoms with E-state index in [1.54, 1.807) is 0 Å². The Morgan fingerprint density at radius 2 is 2.56 bits per heavy atom. The molecule has 1 aliphatic rings. The summed E-state index contributed by atoms with van der Waals surface area (Å²) in [5.74, 6) is 0. The van der Waals surface area contributed by atoms with Gasteiger partial charge in [0.15, 0.2) is 0 Å². The van der Waals surface area contributed by atoms with Crippen LogP contribution in [0.25, 0.3) is 0 Å². The van der Waals surface area contributed by atoms with Gasteiger partial charge in [0.2, 0.25) is 0 Å². The first-order chi connectivity index (χ1) is 4.43. The Balaban J connectivity index is 2.18. The molecule has 0 spiro atoms. The molecular formula is C8H14S. The predicted molar refractivity (Wildman–Crippen MR) is 44.7 cm³/mol. The van der Waals surface area contributed by atoms with Gasteiger partial charge in [-0.3, -0.25) is 0 Å². The monoisotopic (exact) mass is 142 g/mol. The van der Waals surface area contributed by atoms with Crippen LogP contribution in [-0.2, 0) is 0 Å². The smallest absolute Gasteiger partial charge is 0.00912 e. The summed E-state index contributed by atoms with van der Waals surface area (Å²) in [4.78, 5) is 0. The fraction of sp³-hybridized carbons (Fsp3) is 0.750. The molecule has 1 unspecified atom stereocenters. The molecule has 1 rings (SSSR count). The first-order valence-corrected chi connectivity index (χ1v) is 4.68. The minimum absolute atomic E-state index is 0.931. The summed E-state index contributed by atoms with van der Waals surface area (Å²) < 4.78 is 0. The third-order valence-corrected chi connectivity index (χ3v) is 2.84. The predicted octanol–water partition coefficient (Wildman–Crippen LogP) is 3.20. The van der Waals surface area contributed by atoms with E-state index in [2.05, 4.69) is 18.4 Å². The Bertz CT molecular complexity index is 96.7. The van der Waals surface area contributed by atoms with Crippen molar-refractivity contribution in [1.29, 1.82) is 0 Å². The van der Waals surface area contributed by atoms with E-state index in [0.717, 1.165) is 5.25 Å². The summed E-state index contributed by atoms with van der Waals surface area (Å²) in [6.07, 6.45) is 7.71.